The maximum atomic E-state index is 14.4. The highest BCUT2D eigenvalue weighted by Crippen LogP contribution is 2.21. The van der Waals surface area contributed by atoms with Crippen molar-refractivity contribution >= 4 is 23.6 Å². The number of nitrogens with one attached hydrogen (secondary N) is 2. The molecule has 0 bridgehead atoms. The predicted molar refractivity (Wildman–Crippen MR) is 136 cm³/mol. The van der Waals surface area contributed by atoms with E-state index >= 15 is 0 Å². The fourth-order valence-electron chi connectivity index (χ4n) is 4.52. The molecule has 9 nitrogen and oxygen atoms in total. The number of benzene rings is 2. The summed E-state index contributed by atoms with van der Waals surface area (Å²) in [6.45, 7) is 1.68. The lowest BCUT2D eigenvalue weighted by molar-refractivity contribution is -0.138. The maximum Gasteiger partial charge on any atom is 0.242 e. The number of likely N-dealkylation sites (tertiary alicyclic amines) is 1. The zero-order chi connectivity index (χ0) is 28.7. The second kappa shape index (κ2) is 13.2. The van der Waals surface area contributed by atoms with Crippen molar-refractivity contribution in [1.29, 1.82) is 0 Å². The van der Waals surface area contributed by atoms with E-state index in [2.05, 4.69) is 10.6 Å². The molecular formula is C27H32F3N5O4. The SMILES string of the molecule is CC(NC(=O)C(N)Cc1ccccc1)C(=O)N[C@@H](CC(=O)N1CCCC1C(N)=O)Cc1cc(F)c(F)cc1F. The number of carbonyl (C=O) groups is 4. The Hall–Kier alpha value is -3.93. The van der Waals surface area contributed by atoms with Gasteiger partial charge in [-0.2, -0.15) is 0 Å². The summed E-state index contributed by atoms with van der Waals surface area (Å²) < 4.78 is 41.6. The maximum absolute atomic E-state index is 14.4. The molecule has 39 heavy (non-hydrogen) atoms. The van der Waals surface area contributed by atoms with Crippen molar-refractivity contribution < 1.29 is 32.3 Å². The van der Waals surface area contributed by atoms with Crippen molar-refractivity contribution in [2.24, 2.45) is 11.5 Å². The molecular weight excluding hydrogens is 515 g/mol. The molecule has 4 atom stereocenters. The van der Waals surface area contributed by atoms with Crippen molar-refractivity contribution in [1.82, 2.24) is 15.5 Å². The number of hydrogen-bond donors (Lipinski definition) is 4. The van der Waals surface area contributed by atoms with Gasteiger partial charge in [-0.1, -0.05) is 30.3 Å². The Labute approximate surface area is 224 Å². The number of nitrogens with two attached hydrogens (primary N) is 2. The number of primary amides is 1. The van der Waals surface area contributed by atoms with Gasteiger partial charge >= 0.3 is 0 Å². The third-order valence-electron chi connectivity index (χ3n) is 6.61. The van der Waals surface area contributed by atoms with Crippen molar-refractivity contribution in [2.75, 3.05) is 6.54 Å². The topological polar surface area (TPSA) is 148 Å². The molecule has 0 aromatic heterocycles. The number of amides is 4. The van der Waals surface area contributed by atoms with Gasteiger partial charge in [-0.15, -0.1) is 0 Å². The van der Waals surface area contributed by atoms with Gasteiger partial charge in [0.2, 0.25) is 23.6 Å². The minimum atomic E-state index is -1.38. The Morgan fingerprint density at radius 3 is 2.31 bits per heavy atom. The fraction of sp³-hybridized carbons (Fsp3) is 0.407. The number of halogens is 3. The largest absolute Gasteiger partial charge is 0.368 e. The number of nitrogens with zero attached hydrogens (tertiary/aromatic N) is 1. The van der Waals surface area contributed by atoms with Crippen LogP contribution in [0.1, 0.15) is 37.3 Å². The number of hydrogen-bond acceptors (Lipinski definition) is 5. The normalized spacial score (nSPS) is 17.3. The second-order valence-corrected chi connectivity index (χ2v) is 9.65. The van der Waals surface area contributed by atoms with Gasteiger partial charge in [0.1, 0.15) is 17.9 Å². The van der Waals surface area contributed by atoms with Crippen LogP contribution in [0.4, 0.5) is 13.2 Å². The minimum absolute atomic E-state index is 0.240. The van der Waals surface area contributed by atoms with E-state index in [0.29, 0.717) is 25.0 Å². The summed E-state index contributed by atoms with van der Waals surface area (Å²) in [7, 11) is 0. The highest BCUT2D eigenvalue weighted by atomic mass is 19.2. The van der Waals surface area contributed by atoms with E-state index in [4.69, 9.17) is 11.5 Å². The molecule has 1 heterocycles. The van der Waals surface area contributed by atoms with E-state index < -0.39 is 65.2 Å². The summed E-state index contributed by atoms with van der Waals surface area (Å²) in [5.74, 6) is -6.19. The van der Waals surface area contributed by atoms with Gasteiger partial charge in [-0.3, -0.25) is 19.2 Å². The average molecular weight is 548 g/mol. The molecule has 4 amide bonds. The summed E-state index contributed by atoms with van der Waals surface area (Å²) in [5, 5.41) is 5.09. The Balaban J connectivity index is 1.70. The van der Waals surface area contributed by atoms with Crippen LogP contribution in [-0.2, 0) is 32.0 Å². The molecule has 1 fully saturated rings. The number of carbonyl (C=O) groups excluding carboxylic acids is 4. The fourth-order valence-corrected chi connectivity index (χ4v) is 4.52. The summed E-state index contributed by atoms with van der Waals surface area (Å²) in [6.07, 6.45) is 0.457. The Morgan fingerprint density at radius 2 is 1.64 bits per heavy atom. The van der Waals surface area contributed by atoms with Crippen LogP contribution < -0.4 is 22.1 Å². The molecule has 6 N–H and O–H groups in total. The highest BCUT2D eigenvalue weighted by molar-refractivity contribution is 5.90. The molecule has 1 aliphatic heterocycles. The van der Waals surface area contributed by atoms with E-state index in [9.17, 15) is 32.3 Å². The van der Waals surface area contributed by atoms with E-state index in [-0.39, 0.29) is 31.4 Å². The molecule has 2 aromatic carbocycles. The zero-order valence-electron chi connectivity index (χ0n) is 21.5. The Morgan fingerprint density at radius 1 is 0.974 bits per heavy atom. The molecule has 0 saturated carbocycles. The van der Waals surface area contributed by atoms with Crippen molar-refractivity contribution in [3.8, 4) is 0 Å². The van der Waals surface area contributed by atoms with Gasteiger partial charge in [-0.05, 0) is 49.8 Å². The molecule has 1 saturated heterocycles. The molecule has 12 heteroatoms. The predicted octanol–water partition coefficient (Wildman–Crippen LogP) is 1.07. The quantitative estimate of drug-likeness (QED) is 0.311. The van der Waals surface area contributed by atoms with Crippen molar-refractivity contribution in [3.05, 3.63) is 71.0 Å². The molecule has 1 aliphatic rings. The van der Waals surface area contributed by atoms with Crippen LogP contribution in [-0.4, -0.2) is 59.2 Å². The van der Waals surface area contributed by atoms with Crippen LogP contribution in [0.2, 0.25) is 0 Å². The lowest BCUT2D eigenvalue weighted by Crippen LogP contribution is -2.53. The minimum Gasteiger partial charge on any atom is -0.368 e. The van der Waals surface area contributed by atoms with E-state index in [0.717, 1.165) is 5.56 Å². The summed E-state index contributed by atoms with van der Waals surface area (Å²) in [5.41, 5.74) is 11.9. The lowest BCUT2D eigenvalue weighted by Gasteiger charge is -2.27. The van der Waals surface area contributed by atoms with Crippen LogP contribution in [0.15, 0.2) is 42.5 Å². The summed E-state index contributed by atoms with van der Waals surface area (Å²) in [4.78, 5) is 51.5. The third kappa shape index (κ3) is 8.03. The third-order valence-corrected chi connectivity index (χ3v) is 6.61. The van der Waals surface area contributed by atoms with Gasteiger partial charge < -0.3 is 27.0 Å². The van der Waals surface area contributed by atoms with Crippen molar-refractivity contribution in [3.63, 3.8) is 0 Å². The molecule has 3 unspecified atom stereocenters. The molecule has 2 aromatic rings. The zero-order valence-corrected chi connectivity index (χ0v) is 21.5. The van der Waals surface area contributed by atoms with Crippen LogP contribution >= 0.6 is 0 Å². The molecule has 0 aliphatic carbocycles. The first kappa shape index (κ1) is 29.6. The first-order chi connectivity index (χ1) is 18.5. The van der Waals surface area contributed by atoms with Crippen molar-refractivity contribution in [2.45, 2.75) is 63.2 Å². The highest BCUT2D eigenvalue weighted by Gasteiger charge is 2.34. The first-order valence-corrected chi connectivity index (χ1v) is 12.6. The Bertz CT molecular complexity index is 1210. The second-order valence-electron chi connectivity index (χ2n) is 9.65. The molecule has 0 spiro atoms. The molecule has 3 rings (SSSR count). The summed E-state index contributed by atoms with van der Waals surface area (Å²) >= 11 is 0. The van der Waals surface area contributed by atoms with Gasteiger partial charge in [0.15, 0.2) is 11.6 Å². The average Bonchev–Trinajstić information content (AvgIpc) is 3.38. The van der Waals surface area contributed by atoms with Gasteiger partial charge in [0.05, 0.1) is 6.04 Å². The van der Waals surface area contributed by atoms with Crippen LogP contribution in [0.25, 0.3) is 0 Å². The molecule has 0 radical (unpaired) electrons. The standard InChI is InChI=1S/C27H32F3N5O4/c1-15(33-27(39)22(31)10-16-6-3-2-4-7-16)26(38)34-18(11-17-12-20(29)21(30)14-19(17)28)13-24(36)35-9-5-8-23(35)25(32)37/h2-4,6-7,12,14-15,18,22-23H,5,8-11,13,31H2,1H3,(H2,32,37)(H,33,39)(H,34,38)/t15?,18-,22?,23?/m1/s1. The van der Waals surface area contributed by atoms with Gasteiger partial charge in [-0.25, -0.2) is 13.2 Å². The van der Waals surface area contributed by atoms with E-state index in [1.807, 2.05) is 18.2 Å². The lowest BCUT2D eigenvalue weighted by atomic mass is 10.0. The van der Waals surface area contributed by atoms with Crippen LogP contribution in [0.3, 0.4) is 0 Å². The smallest absolute Gasteiger partial charge is 0.242 e. The Kier molecular flexibility index (Phi) is 10.0. The van der Waals surface area contributed by atoms with E-state index in [1.165, 1.54) is 11.8 Å². The first-order valence-electron chi connectivity index (χ1n) is 12.6. The number of rotatable bonds is 11. The van der Waals surface area contributed by atoms with E-state index in [1.54, 1.807) is 12.1 Å². The monoisotopic (exact) mass is 547 g/mol. The van der Waals surface area contributed by atoms with Gasteiger partial charge in [0.25, 0.3) is 0 Å². The summed E-state index contributed by atoms with van der Waals surface area (Å²) in [6, 6.07) is 6.20. The molecule has 210 valence electrons. The van der Waals surface area contributed by atoms with Gasteiger partial charge in [0, 0.05) is 25.1 Å². The van der Waals surface area contributed by atoms with Crippen LogP contribution in [0.5, 0.6) is 0 Å². The van der Waals surface area contributed by atoms with Crippen LogP contribution in [0, 0.1) is 17.5 Å².